The number of halogens is 6. The fourth-order valence-electron chi connectivity index (χ4n) is 4.81. The quantitative estimate of drug-likeness (QED) is 0.176. The van der Waals surface area contributed by atoms with Gasteiger partial charge in [-0.05, 0) is 76.1 Å². The molecule has 0 spiro atoms. The smallest absolute Gasteiger partial charge is 0.481 e. The van der Waals surface area contributed by atoms with Gasteiger partial charge in [0.25, 0.3) is 5.91 Å². The van der Waals surface area contributed by atoms with E-state index in [1.54, 1.807) is 42.5 Å². The molecule has 0 bridgehead atoms. The highest BCUT2D eigenvalue weighted by atomic mass is 19.4. The Labute approximate surface area is 249 Å². The fourth-order valence-corrected chi connectivity index (χ4v) is 4.81. The van der Waals surface area contributed by atoms with Crippen LogP contribution in [0.5, 0.6) is 5.75 Å². The largest absolute Gasteiger partial charge is 0.573 e. The number of nitrogens with one attached hydrogen (secondary N) is 1. The van der Waals surface area contributed by atoms with Crippen molar-refractivity contribution in [2.75, 3.05) is 6.54 Å². The lowest BCUT2D eigenvalue weighted by Crippen LogP contribution is -2.25. The van der Waals surface area contributed by atoms with E-state index in [9.17, 15) is 35.9 Å². The summed E-state index contributed by atoms with van der Waals surface area (Å²) in [6.07, 6.45) is -9.37. The normalized spacial score (nSPS) is 12.4. The minimum atomic E-state index is -4.85. The monoisotopic (exact) mass is 615 g/mol. The summed E-state index contributed by atoms with van der Waals surface area (Å²) in [4.78, 5) is 23.0. The van der Waals surface area contributed by atoms with Gasteiger partial charge in [-0.3, -0.25) is 9.59 Å². The summed E-state index contributed by atoms with van der Waals surface area (Å²) >= 11 is 0. The van der Waals surface area contributed by atoms with E-state index in [1.165, 1.54) is 30.3 Å². The van der Waals surface area contributed by atoms with Crippen LogP contribution >= 0.6 is 0 Å². The van der Waals surface area contributed by atoms with Gasteiger partial charge in [0, 0.05) is 12.1 Å². The van der Waals surface area contributed by atoms with Gasteiger partial charge in [-0.15, -0.1) is 13.2 Å². The van der Waals surface area contributed by atoms with Crippen molar-refractivity contribution in [3.63, 3.8) is 0 Å². The molecular weight excluding hydrogens is 588 g/mol. The molecule has 1 amide bonds. The predicted molar refractivity (Wildman–Crippen MR) is 152 cm³/mol. The van der Waals surface area contributed by atoms with Crippen molar-refractivity contribution in [1.29, 1.82) is 0 Å². The second-order valence-corrected chi connectivity index (χ2v) is 10.1. The van der Waals surface area contributed by atoms with Crippen LogP contribution in [-0.2, 0) is 17.4 Å². The number of hydrogen-bond donors (Lipinski definition) is 2. The van der Waals surface area contributed by atoms with Gasteiger partial charge in [-0.2, -0.15) is 13.2 Å². The van der Waals surface area contributed by atoms with Gasteiger partial charge < -0.3 is 15.2 Å². The molecule has 0 aliphatic carbocycles. The van der Waals surface area contributed by atoms with Gasteiger partial charge in [0.1, 0.15) is 5.75 Å². The van der Waals surface area contributed by atoms with Crippen molar-refractivity contribution < 1.29 is 45.8 Å². The number of ether oxygens (including phenoxy) is 1. The first-order chi connectivity index (χ1) is 20.7. The molecule has 1 atom stereocenters. The van der Waals surface area contributed by atoms with E-state index in [0.29, 0.717) is 34.2 Å². The average Bonchev–Trinajstić information content (AvgIpc) is 2.96. The van der Waals surface area contributed by atoms with Crippen LogP contribution in [0.4, 0.5) is 26.3 Å². The number of aliphatic carboxylic acids is 1. The molecular formula is C33H27F6NO4. The second kappa shape index (κ2) is 13.2. The first-order valence-corrected chi connectivity index (χ1v) is 13.5. The van der Waals surface area contributed by atoms with Crippen molar-refractivity contribution in [2.24, 2.45) is 0 Å². The fraction of sp³-hybridized carbons (Fsp3) is 0.212. The van der Waals surface area contributed by atoms with E-state index in [2.05, 4.69) is 10.1 Å². The lowest BCUT2D eigenvalue weighted by molar-refractivity contribution is -0.274. The Balaban J connectivity index is 1.67. The summed E-state index contributed by atoms with van der Waals surface area (Å²) in [5.74, 6) is -2.09. The maximum Gasteiger partial charge on any atom is 0.573 e. The van der Waals surface area contributed by atoms with Gasteiger partial charge in [0.15, 0.2) is 0 Å². The van der Waals surface area contributed by atoms with Crippen LogP contribution in [0.1, 0.15) is 46.3 Å². The van der Waals surface area contributed by atoms with Crippen LogP contribution in [0, 0.1) is 0 Å². The molecule has 230 valence electrons. The third-order valence-corrected chi connectivity index (χ3v) is 6.94. The number of carbonyl (C=O) groups is 2. The first kappa shape index (κ1) is 32.1. The van der Waals surface area contributed by atoms with E-state index in [4.69, 9.17) is 5.11 Å². The number of carbonyl (C=O) groups excluding carboxylic acids is 1. The van der Waals surface area contributed by atoms with Gasteiger partial charge >= 0.3 is 18.5 Å². The Morgan fingerprint density at radius 2 is 1.45 bits per heavy atom. The van der Waals surface area contributed by atoms with Crippen LogP contribution in [0.3, 0.4) is 0 Å². The minimum absolute atomic E-state index is 0.00365. The Bertz CT molecular complexity index is 1610. The Kier molecular flexibility index (Phi) is 9.66. The van der Waals surface area contributed by atoms with Crippen molar-refractivity contribution >= 4 is 11.9 Å². The van der Waals surface area contributed by atoms with E-state index in [1.807, 2.05) is 6.92 Å². The summed E-state index contributed by atoms with van der Waals surface area (Å²) in [7, 11) is 0. The van der Waals surface area contributed by atoms with Gasteiger partial charge in [-0.25, -0.2) is 0 Å². The SMILES string of the molecule is CC(Cc1cc(-c2ccc(OC(F)(F)F)cc2)ccc1-c1ccccc1C(F)(F)F)c1ccc(C(=O)NCCC(=O)O)cc1. The Morgan fingerprint density at radius 3 is 2.07 bits per heavy atom. The van der Waals surface area contributed by atoms with E-state index in [-0.39, 0.29) is 24.4 Å². The number of alkyl halides is 6. The summed E-state index contributed by atoms with van der Waals surface area (Å²) in [6.45, 7) is 1.86. The predicted octanol–water partition coefficient (Wildman–Crippen LogP) is 8.49. The molecule has 4 aromatic carbocycles. The third-order valence-electron chi connectivity index (χ3n) is 6.94. The molecule has 1 unspecified atom stereocenters. The molecule has 0 heterocycles. The average molecular weight is 616 g/mol. The van der Waals surface area contributed by atoms with Crippen molar-refractivity contribution in [3.8, 4) is 28.0 Å². The first-order valence-electron chi connectivity index (χ1n) is 13.5. The standard InChI is InChI=1S/C33H27F6NO4/c1-20(21-6-8-23(9-7-21)31(43)40-17-16-30(41)42)18-25-19-24(22-10-13-26(14-11-22)44-33(37,38)39)12-15-27(25)28-4-2-3-5-29(28)32(34,35)36/h2-15,19-20H,16-18H2,1H3,(H,40,43)(H,41,42). The number of benzene rings is 4. The second-order valence-electron chi connectivity index (χ2n) is 10.1. The third kappa shape index (κ3) is 8.40. The summed E-state index contributed by atoms with van der Waals surface area (Å²) in [6, 6.07) is 22.0. The molecule has 4 rings (SSSR count). The van der Waals surface area contributed by atoms with Gasteiger partial charge in [-0.1, -0.05) is 67.6 Å². The molecule has 0 aliphatic heterocycles. The van der Waals surface area contributed by atoms with E-state index < -0.39 is 35.7 Å². The summed E-state index contributed by atoms with van der Waals surface area (Å²) < 4.78 is 83.6. The van der Waals surface area contributed by atoms with Crippen LogP contribution in [0.15, 0.2) is 91.0 Å². The lowest BCUT2D eigenvalue weighted by atomic mass is 9.86. The molecule has 11 heteroatoms. The molecule has 0 aromatic heterocycles. The number of rotatable bonds is 10. The van der Waals surface area contributed by atoms with Crippen molar-refractivity contribution in [2.45, 2.75) is 38.2 Å². The van der Waals surface area contributed by atoms with Crippen LogP contribution < -0.4 is 10.1 Å². The van der Waals surface area contributed by atoms with Crippen molar-refractivity contribution in [1.82, 2.24) is 5.32 Å². The summed E-state index contributed by atoms with van der Waals surface area (Å²) in [5, 5.41) is 11.3. The molecule has 4 aromatic rings. The van der Waals surface area contributed by atoms with Crippen molar-refractivity contribution in [3.05, 3.63) is 113 Å². The van der Waals surface area contributed by atoms with Crippen LogP contribution in [0.25, 0.3) is 22.3 Å². The molecule has 0 fully saturated rings. The molecule has 5 nitrogen and oxygen atoms in total. The van der Waals surface area contributed by atoms with Crippen LogP contribution in [-0.4, -0.2) is 29.9 Å². The maximum absolute atomic E-state index is 14.0. The zero-order chi connectivity index (χ0) is 32.1. The molecule has 0 saturated heterocycles. The number of carboxylic acids is 1. The highest BCUT2D eigenvalue weighted by molar-refractivity contribution is 5.94. The molecule has 44 heavy (non-hydrogen) atoms. The Hall–Kier alpha value is -4.80. The lowest BCUT2D eigenvalue weighted by Gasteiger charge is -2.20. The zero-order valence-corrected chi connectivity index (χ0v) is 23.3. The van der Waals surface area contributed by atoms with E-state index in [0.717, 1.165) is 23.8 Å². The van der Waals surface area contributed by atoms with Gasteiger partial charge in [0.05, 0.1) is 12.0 Å². The topological polar surface area (TPSA) is 75.6 Å². The van der Waals surface area contributed by atoms with E-state index >= 15 is 0 Å². The molecule has 0 aliphatic rings. The zero-order valence-electron chi connectivity index (χ0n) is 23.3. The Morgan fingerprint density at radius 1 is 0.818 bits per heavy atom. The maximum atomic E-state index is 14.0. The van der Waals surface area contributed by atoms with Gasteiger partial charge in [0.2, 0.25) is 0 Å². The molecule has 0 radical (unpaired) electrons. The number of hydrogen-bond acceptors (Lipinski definition) is 3. The highest BCUT2D eigenvalue weighted by Gasteiger charge is 2.34. The highest BCUT2D eigenvalue weighted by Crippen LogP contribution is 2.40. The molecule has 0 saturated carbocycles. The number of carboxylic acid groups (broad SMARTS) is 1. The molecule has 2 N–H and O–H groups in total. The number of amides is 1. The minimum Gasteiger partial charge on any atom is -0.481 e. The van der Waals surface area contributed by atoms with Crippen LogP contribution in [0.2, 0.25) is 0 Å². The summed E-state index contributed by atoms with van der Waals surface area (Å²) in [5.41, 5.74) is 2.41.